The Morgan fingerprint density at radius 1 is 1.10 bits per heavy atom. The van der Waals surface area contributed by atoms with Crippen LogP contribution < -0.4 is 5.32 Å². The van der Waals surface area contributed by atoms with Crippen molar-refractivity contribution in [2.75, 3.05) is 0 Å². The van der Waals surface area contributed by atoms with E-state index in [0.29, 0.717) is 0 Å². The number of aryl methyl sites for hydroxylation is 3. The second-order valence-electron chi connectivity index (χ2n) is 5.95. The lowest BCUT2D eigenvalue weighted by atomic mass is 10.0. The highest BCUT2D eigenvalue weighted by molar-refractivity contribution is 5.94. The van der Waals surface area contributed by atoms with Gasteiger partial charge in [0.15, 0.2) is 0 Å². The smallest absolute Gasteiger partial charge is 0.251 e. The SMILES string of the molecule is Cc1cccc(C(=O)N[C@H](C)c2ccc3c(c2)CCC3)c1. The molecule has 0 heterocycles. The lowest BCUT2D eigenvalue weighted by molar-refractivity contribution is 0.0940. The highest BCUT2D eigenvalue weighted by Gasteiger charge is 2.15. The van der Waals surface area contributed by atoms with E-state index in [4.69, 9.17) is 0 Å². The first-order valence-corrected chi connectivity index (χ1v) is 7.63. The van der Waals surface area contributed by atoms with E-state index in [2.05, 4.69) is 23.5 Å². The highest BCUT2D eigenvalue weighted by atomic mass is 16.1. The van der Waals surface area contributed by atoms with Gasteiger partial charge < -0.3 is 5.32 Å². The molecule has 1 N–H and O–H groups in total. The normalized spacial score (nSPS) is 14.6. The van der Waals surface area contributed by atoms with Crippen LogP contribution in [0.4, 0.5) is 0 Å². The van der Waals surface area contributed by atoms with Crippen LogP contribution in [0.3, 0.4) is 0 Å². The van der Waals surface area contributed by atoms with Crippen molar-refractivity contribution in [2.45, 2.75) is 39.2 Å². The molecule has 1 aliphatic carbocycles. The second-order valence-corrected chi connectivity index (χ2v) is 5.95. The second kappa shape index (κ2) is 5.72. The lowest BCUT2D eigenvalue weighted by Crippen LogP contribution is -2.26. The monoisotopic (exact) mass is 279 g/mol. The van der Waals surface area contributed by atoms with Crippen LogP contribution in [0.5, 0.6) is 0 Å². The quantitative estimate of drug-likeness (QED) is 0.905. The molecule has 2 aromatic carbocycles. The maximum absolute atomic E-state index is 12.3. The Morgan fingerprint density at radius 2 is 1.90 bits per heavy atom. The minimum Gasteiger partial charge on any atom is -0.346 e. The van der Waals surface area contributed by atoms with Gasteiger partial charge in [-0.2, -0.15) is 0 Å². The van der Waals surface area contributed by atoms with Gasteiger partial charge in [0.25, 0.3) is 5.91 Å². The van der Waals surface area contributed by atoms with Crippen molar-refractivity contribution in [2.24, 2.45) is 0 Å². The molecule has 0 bridgehead atoms. The number of carbonyl (C=O) groups excluding carboxylic acids is 1. The van der Waals surface area contributed by atoms with E-state index in [1.54, 1.807) is 0 Å². The number of amides is 1. The summed E-state index contributed by atoms with van der Waals surface area (Å²) in [6, 6.07) is 14.3. The van der Waals surface area contributed by atoms with E-state index < -0.39 is 0 Å². The zero-order valence-corrected chi connectivity index (χ0v) is 12.6. The molecule has 108 valence electrons. The number of fused-ring (bicyclic) bond motifs is 1. The van der Waals surface area contributed by atoms with E-state index >= 15 is 0 Å². The van der Waals surface area contributed by atoms with E-state index in [1.165, 1.54) is 36.0 Å². The lowest BCUT2D eigenvalue weighted by Gasteiger charge is -2.16. The molecule has 0 spiro atoms. The summed E-state index contributed by atoms with van der Waals surface area (Å²) < 4.78 is 0. The van der Waals surface area contributed by atoms with Crippen molar-refractivity contribution in [3.63, 3.8) is 0 Å². The molecule has 0 aliphatic heterocycles. The molecular weight excluding hydrogens is 258 g/mol. The molecule has 2 aromatic rings. The summed E-state index contributed by atoms with van der Waals surface area (Å²) >= 11 is 0. The van der Waals surface area contributed by atoms with Gasteiger partial charge in [0.2, 0.25) is 0 Å². The predicted octanol–water partition coefficient (Wildman–Crippen LogP) is 3.97. The first kappa shape index (κ1) is 13.9. The number of benzene rings is 2. The number of hydrogen-bond donors (Lipinski definition) is 1. The molecule has 1 atom stereocenters. The minimum absolute atomic E-state index is 0.00769. The largest absolute Gasteiger partial charge is 0.346 e. The third-order valence-electron chi connectivity index (χ3n) is 4.25. The van der Waals surface area contributed by atoms with Crippen molar-refractivity contribution >= 4 is 5.91 Å². The average molecular weight is 279 g/mol. The maximum atomic E-state index is 12.3. The van der Waals surface area contributed by atoms with E-state index in [-0.39, 0.29) is 11.9 Å². The van der Waals surface area contributed by atoms with Gasteiger partial charge in [-0.05, 0) is 61.9 Å². The van der Waals surface area contributed by atoms with Crippen molar-refractivity contribution < 1.29 is 4.79 Å². The van der Waals surface area contributed by atoms with Crippen LogP contribution in [0.25, 0.3) is 0 Å². The minimum atomic E-state index is -0.00769. The third kappa shape index (κ3) is 2.99. The van der Waals surface area contributed by atoms with E-state index in [1.807, 2.05) is 38.1 Å². The fourth-order valence-electron chi connectivity index (χ4n) is 3.01. The fourth-order valence-corrected chi connectivity index (χ4v) is 3.01. The van der Waals surface area contributed by atoms with Gasteiger partial charge in [-0.1, -0.05) is 35.9 Å². The predicted molar refractivity (Wildman–Crippen MR) is 85.5 cm³/mol. The molecule has 2 nitrogen and oxygen atoms in total. The van der Waals surface area contributed by atoms with Crippen LogP contribution >= 0.6 is 0 Å². The molecule has 0 fully saturated rings. The Hall–Kier alpha value is -2.09. The molecule has 1 aliphatic rings. The molecule has 3 rings (SSSR count). The topological polar surface area (TPSA) is 29.1 Å². The summed E-state index contributed by atoms with van der Waals surface area (Å²) in [5, 5.41) is 3.09. The van der Waals surface area contributed by atoms with Gasteiger partial charge in [0, 0.05) is 5.56 Å². The molecule has 2 heteroatoms. The molecule has 21 heavy (non-hydrogen) atoms. The Labute approximate surface area is 126 Å². The standard InChI is InChI=1S/C19H21NO/c1-13-5-3-8-18(11-13)19(21)20-14(2)16-10-9-15-6-4-7-17(15)12-16/h3,5,8-12,14H,4,6-7H2,1-2H3,(H,20,21)/t14-/m1/s1. The van der Waals surface area contributed by atoms with Gasteiger partial charge in [0.05, 0.1) is 6.04 Å². The molecule has 0 unspecified atom stereocenters. The van der Waals surface area contributed by atoms with Crippen LogP contribution in [0.2, 0.25) is 0 Å². The first-order valence-electron chi connectivity index (χ1n) is 7.63. The Morgan fingerprint density at radius 3 is 2.71 bits per heavy atom. The zero-order chi connectivity index (χ0) is 14.8. The van der Waals surface area contributed by atoms with E-state index in [0.717, 1.165) is 11.1 Å². The third-order valence-corrected chi connectivity index (χ3v) is 4.25. The molecule has 0 saturated carbocycles. The van der Waals surface area contributed by atoms with Crippen molar-refractivity contribution in [1.82, 2.24) is 5.32 Å². The molecule has 0 aromatic heterocycles. The van der Waals surface area contributed by atoms with Crippen molar-refractivity contribution in [1.29, 1.82) is 0 Å². The van der Waals surface area contributed by atoms with Crippen LogP contribution in [0, 0.1) is 6.92 Å². The summed E-state index contributed by atoms with van der Waals surface area (Å²) in [5.74, 6) is -0.00769. The van der Waals surface area contributed by atoms with Crippen molar-refractivity contribution in [3.8, 4) is 0 Å². The van der Waals surface area contributed by atoms with Gasteiger partial charge in [0.1, 0.15) is 0 Å². The zero-order valence-electron chi connectivity index (χ0n) is 12.6. The molecule has 0 radical (unpaired) electrons. The number of nitrogens with one attached hydrogen (secondary N) is 1. The summed E-state index contributed by atoms with van der Waals surface area (Å²) in [6.07, 6.45) is 3.62. The number of hydrogen-bond acceptors (Lipinski definition) is 1. The van der Waals surface area contributed by atoms with E-state index in [9.17, 15) is 4.79 Å². The average Bonchev–Trinajstić information content (AvgIpc) is 2.94. The first-order chi connectivity index (χ1) is 10.1. The highest BCUT2D eigenvalue weighted by Crippen LogP contribution is 2.25. The maximum Gasteiger partial charge on any atom is 0.251 e. The van der Waals surface area contributed by atoms with Crippen LogP contribution in [-0.4, -0.2) is 5.91 Å². The summed E-state index contributed by atoms with van der Waals surface area (Å²) in [7, 11) is 0. The Balaban J connectivity index is 1.74. The number of carbonyl (C=O) groups is 1. The van der Waals surface area contributed by atoms with Crippen LogP contribution in [-0.2, 0) is 12.8 Å². The van der Waals surface area contributed by atoms with Gasteiger partial charge >= 0.3 is 0 Å². The fraction of sp³-hybridized carbons (Fsp3) is 0.316. The number of rotatable bonds is 3. The Kier molecular flexibility index (Phi) is 3.78. The molecular formula is C19H21NO. The van der Waals surface area contributed by atoms with Crippen LogP contribution in [0.1, 0.15) is 52.0 Å². The van der Waals surface area contributed by atoms with Crippen LogP contribution in [0.15, 0.2) is 42.5 Å². The summed E-state index contributed by atoms with van der Waals surface area (Å²) in [5.41, 5.74) is 5.94. The van der Waals surface area contributed by atoms with Gasteiger partial charge in [-0.3, -0.25) is 4.79 Å². The summed E-state index contributed by atoms with van der Waals surface area (Å²) in [4.78, 5) is 12.3. The van der Waals surface area contributed by atoms with Gasteiger partial charge in [-0.25, -0.2) is 0 Å². The Bertz CT molecular complexity index is 675. The molecule has 1 amide bonds. The van der Waals surface area contributed by atoms with Crippen molar-refractivity contribution in [3.05, 3.63) is 70.3 Å². The molecule has 0 saturated heterocycles. The summed E-state index contributed by atoms with van der Waals surface area (Å²) in [6.45, 7) is 4.05. The van der Waals surface area contributed by atoms with Gasteiger partial charge in [-0.15, -0.1) is 0 Å².